The van der Waals surface area contributed by atoms with Crippen molar-refractivity contribution in [2.24, 2.45) is 5.11 Å². The first-order valence-corrected chi connectivity index (χ1v) is 19.4. The molecule has 0 radical (unpaired) electrons. The van der Waals surface area contributed by atoms with Crippen molar-refractivity contribution >= 4 is 7.82 Å². The van der Waals surface area contributed by atoms with Crippen LogP contribution in [0.3, 0.4) is 0 Å². The average molecular weight is 734 g/mol. The molecule has 286 valence electrons. The molecule has 3 heterocycles. The number of phosphoric ester groups is 1. The number of aromatic amines is 1. The van der Waals surface area contributed by atoms with E-state index in [1.165, 1.54) is 70.9 Å². The molecule has 0 aromatic carbocycles. The predicted molar refractivity (Wildman–Crippen MR) is 182 cm³/mol. The molecule has 17 nitrogen and oxygen atoms in total. The van der Waals surface area contributed by atoms with Crippen molar-refractivity contribution < 1.29 is 48.0 Å². The zero-order chi connectivity index (χ0) is 36.5. The first kappa shape index (κ1) is 42.3. The number of H-pyrrole nitrogens is 1. The van der Waals surface area contributed by atoms with E-state index in [-0.39, 0.29) is 18.6 Å². The lowest BCUT2D eigenvalue weighted by atomic mass is 10.00. The maximum Gasteiger partial charge on any atom is 0.474 e. The Morgan fingerprint density at radius 1 is 0.860 bits per heavy atom. The standard InChI is InChI=1S/C32H56N5O12P/c1-3-4-5-6-7-8-9-10-11-12-13-14-15-16-17-45-50(44,47-21-25-27(38)28(39)29(40)31(42)49-25)46-20-24-23(35-36-33)18-26(48-24)37-19-22(2)30(41)34-32(37)43/h19,23-29,31,38-40,42H,3-18,20-21H2,1-2H3,(H,34,41,43)/t23-,24+,25+,26+,27+,28-,29+,31?,50?/m0/s1. The summed E-state index contributed by atoms with van der Waals surface area (Å²) in [4.78, 5) is 29.3. The third-order valence-electron chi connectivity index (χ3n) is 9.09. The van der Waals surface area contributed by atoms with Crippen LogP contribution in [0, 0.1) is 6.92 Å². The molecule has 2 fully saturated rings. The van der Waals surface area contributed by atoms with Crippen molar-refractivity contribution in [2.75, 3.05) is 19.8 Å². The lowest BCUT2D eigenvalue weighted by Gasteiger charge is -2.38. The van der Waals surface area contributed by atoms with Crippen molar-refractivity contribution in [3.05, 3.63) is 43.0 Å². The van der Waals surface area contributed by atoms with E-state index in [4.69, 9.17) is 28.6 Å². The molecule has 3 rings (SSSR count). The number of unbranched alkanes of at least 4 members (excludes halogenated alkanes) is 13. The molecule has 5 N–H and O–H groups in total. The third kappa shape index (κ3) is 13.4. The van der Waals surface area contributed by atoms with Crippen LogP contribution in [0.25, 0.3) is 10.4 Å². The van der Waals surface area contributed by atoms with E-state index in [0.29, 0.717) is 6.42 Å². The number of hydrogen-bond donors (Lipinski definition) is 5. The predicted octanol–water partition coefficient (Wildman–Crippen LogP) is 4.25. The molecule has 2 unspecified atom stereocenters. The fraction of sp³-hybridized carbons (Fsp3) is 0.875. The van der Waals surface area contributed by atoms with Gasteiger partial charge in [0.05, 0.1) is 32.0 Å². The SMILES string of the molecule is CCCCCCCCCCCCCCCCOP(=O)(OC[C@H]1OC(O)[C@H](O)[C@@H](O)[C@@H]1O)OC[C@H]1O[C@@H](n2cc(C)c(=O)[nH]c2=O)C[C@@H]1N=[N+]=[N-]. The van der Waals surface area contributed by atoms with E-state index < -0.39 is 81.4 Å². The maximum atomic E-state index is 13.8. The minimum absolute atomic E-state index is 0.00727. The molecule has 50 heavy (non-hydrogen) atoms. The summed E-state index contributed by atoms with van der Waals surface area (Å²) >= 11 is 0. The van der Waals surface area contributed by atoms with Gasteiger partial charge in [-0.1, -0.05) is 95.5 Å². The molecule has 2 aliphatic heterocycles. The maximum absolute atomic E-state index is 13.8. The van der Waals surface area contributed by atoms with Gasteiger partial charge in [-0.2, -0.15) is 0 Å². The molecule has 18 heteroatoms. The number of aliphatic hydroxyl groups is 4. The van der Waals surface area contributed by atoms with Crippen LogP contribution in [0.1, 0.15) is 115 Å². The summed E-state index contributed by atoms with van der Waals surface area (Å²) in [5, 5.41) is 43.7. The fourth-order valence-electron chi connectivity index (χ4n) is 6.01. The summed E-state index contributed by atoms with van der Waals surface area (Å²) in [5.41, 5.74) is 8.12. The first-order chi connectivity index (χ1) is 24.0. The smallest absolute Gasteiger partial charge is 0.387 e. The zero-order valence-corrected chi connectivity index (χ0v) is 30.1. The first-order valence-electron chi connectivity index (χ1n) is 17.9. The minimum atomic E-state index is -4.41. The molecule has 1 aromatic rings. The van der Waals surface area contributed by atoms with Gasteiger partial charge in [0.25, 0.3) is 5.56 Å². The molecule has 0 saturated carbocycles. The van der Waals surface area contributed by atoms with Gasteiger partial charge in [0.2, 0.25) is 0 Å². The van der Waals surface area contributed by atoms with E-state index in [2.05, 4.69) is 21.9 Å². The molecular formula is C32H56N5O12P. The molecule has 0 spiro atoms. The number of nitrogens with zero attached hydrogens (tertiary/aromatic N) is 4. The number of aryl methyl sites for hydroxylation is 1. The van der Waals surface area contributed by atoms with Gasteiger partial charge in [-0.15, -0.1) is 0 Å². The van der Waals surface area contributed by atoms with E-state index in [0.717, 1.165) is 30.3 Å². The van der Waals surface area contributed by atoms with Gasteiger partial charge >= 0.3 is 13.5 Å². The van der Waals surface area contributed by atoms with Crippen molar-refractivity contribution in [1.29, 1.82) is 0 Å². The van der Waals surface area contributed by atoms with E-state index in [1.807, 2.05) is 0 Å². The van der Waals surface area contributed by atoms with Crippen LogP contribution in [-0.2, 0) is 27.6 Å². The van der Waals surface area contributed by atoms with Crippen molar-refractivity contribution in [3.8, 4) is 0 Å². The number of aromatic nitrogens is 2. The molecule has 2 saturated heterocycles. The Hall–Kier alpha value is -2.14. The third-order valence-corrected chi connectivity index (χ3v) is 10.5. The second kappa shape index (κ2) is 22.0. The van der Waals surface area contributed by atoms with Crippen molar-refractivity contribution in [1.82, 2.24) is 9.55 Å². The highest BCUT2D eigenvalue weighted by Gasteiger charge is 2.45. The van der Waals surface area contributed by atoms with Crippen LogP contribution in [0.2, 0.25) is 0 Å². The zero-order valence-electron chi connectivity index (χ0n) is 29.2. The Labute approximate surface area is 292 Å². The summed E-state index contributed by atoms with van der Waals surface area (Å²) in [5.74, 6) is 0. The highest BCUT2D eigenvalue weighted by atomic mass is 31.2. The number of hydrogen-bond acceptors (Lipinski definition) is 13. The van der Waals surface area contributed by atoms with Crippen LogP contribution in [0.5, 0.6) is 0 Å². The molecule has 2 aliphatic rings. The highest BCUT2D eigenvalue weighted by Crippen LogP contribution is 2.51. The summed E-state index contributed by atoms with van der Waals surface area (Å²) in [6.07, 6.45) is 7.21. The van der Waals surface area contributed by atoms with Gasteiger partial charge < -0.3 is 29.9 Å². The second-order valence-electron chi connectivity index (χ2n) is 13.1. The average Bonchev–Trinajstić information content (AvgIpc) is 3.49. The van der Waals surface area contributed by atoms with Crippen molar-refractivity contribution in [3.63, 3.8) is 0 Å². The molecule has 0 aliphatic carbocycles. The molecular weight excluding hydrogens is 677 g/mol. The summed E-state index contributed by atoms with van der Waals surface area (Å²) < 4.78 is 42.7. The summed E-state index contributed by atoms with van der Waals surface area (Å²) in [6.45, 7) is 2.66. The molecule has 0 amide bonds. The van der Waals surface area contributed by atoms with E-state index in [1.54, 1.807) is 0 Å². The number of nitrogens with one attached hydrogen (secondary N) is 1. The van der Waals surface area contributed by atoms with E-state index >= 15 is 0 Å². The summed E-state index contributed by atoms with van der Waals surface area (Å²) in [6, 6.07) is -0.848. The van der Waals surface area contributed by atoms with Crippen LogP contribution in [-0.4, -0.2) is 92.6 Å². The largest absolute Gasteiger partial charge is 0.474 e. The second-order valence-corrected chi connectivity index (χ2v) is 14.8. The fourth-order valence-corrected chi connectivity index (χ4v) is 7.24. The lowest BCUT2D eigenvalue weighted by molar-refractivity contribution is -0.285. The monoisotopic (exact) mass is 733 g/mol. The van der Waals surface area contributed by atoms with Crippen LogP contribution in [0.4, 0.5) is 0 Å². The number of rotatable bonds is 24. The number of ether oxygens (including phenoxy) is 2. The molecule has 0 bridgehead atoms. The van der Waals surface area contributed by atoms with Gasteiger partial charge in [0, 0.05) is 23.1 Å². The minimum Gasteiger partial charge on any atom is -0.387 e. The molecule has 9 atom stereocenters. The Bertz CT molecular complexity index is 1360. The van der Waals surface area contributed by atoms with Gasteiger partial charge in [0.15, 0.2) is 6.29 Å². The number of aliphatic hydroxyl groups excluding tert-OH is 4. The topological polar surface area (TPSA) is 248 Å². The molecule has 1 aromatic heterocycles. The Balaban J connectivity index is 1.52. The van der Waals surface area contributed by atoms with Gasteiger partial charge in [-0.05, 0) is 18.9 Å². The van der Waals surface area contributed by atoms with Gasteiger partial charge in [0.1, 0.15) is 30.6 Å². The highest BCUT2D eigenvalue weighted by molar-refractivity contribution is 7.48. The van der Waals surface area contributed by atoms with Gasteiger partial charge in [-0.25, -0.2) is 9.36 Å². The van der Waals surface area contributed by atoms with Gasteiger partial charge in [-0.3, -0.25) is 27.9 Å². The summed E-state index contributed by atoms with van der Waals surface area (Å²) in [7, 11) is -4.41. The normalized spacial score (nSPS) is 28.0. The van der Waals surface area contributed by atoms with E-state index in [9.17, 15) is 34.6 Å². The lowest BCUT2D eigenvalue weighted by Crippen LogP contribution is -2.58. The van der Waals surface area contributed by atoms with Crippen LogP contribution in [0.15, 0.2) is 20.9 Å². The quantitative estimate of drug-likeness (QED) is 0.0329. The number of phosphoric acid groups is 1. The Morgan fingerprint density at radius 3 is 2.00 bits per heavy atom. The Morgan fingerprint density at radius 2 is 1.42 bits per heavy atom. The van der Waals surface area contributed by atoms with Crippen molar-refractivity contribution in [2.45, 2.75) is 159 Å². The number of azide groups is 1. The van der Waals surface area contributed by atoms with Crippen LogP contribution < -0.4 is 11.2 Å². The van der Waals surface area contributed by atoms with Crippen LogP contribution >= 0.6 is 7.82 Å². The Kier molecular flexibility index (Phi) is 18.6.